The van der Waals surface area contributed by atoms with Crippen molar-refractivity contribution < 1.29 is 14.3 Å². The molecule has 3 amide bonds. The predicted molar refractivity (Wildman–Crippen MR) is 84.6 cm³/mol. The normalized spacial score (nSPS) is 11.4. The highest BCUT2D eigenvalue weighted by atomic mass is 16.5. The molecule has 2 N–H and O–H groups in total. The molecule has 0 spiro atoms. The van der Waals surface area contributed by atoms with Gasteiger partial charge in [-0.2, -0.15) is 0 Å². The molecule has 0 saturated carbocycles. The quantitative estimate of drug-likeness (QED) is 0.911. The minimum atomic E-state index is -0.790. The van der Waals surface area contributed by atoms with E-state index in [2.05, 4.69) is 10.6 Å². The lowest BCUT2D eigenvalue weighted by Gasteiger charge is -2.17. The Hall–Kier alpha value is -2.82. The minimum absolute atomic E-state index is 0.498. The first-order valence-electron chi connectivity index (χ1n) is 6.95. The molecular formula is C17H18N2O3. The molecule has 5 nitrogen and oxygen atoms in total. The highest BCUT2D eigenvalue weighted by Crippen LogP contribution is 2.30. The second kappa shape index (κ2) is 7.26. The predicted octanol–water partition coefficient (Wildman–Crippen LogP) is 2.58. The van der Waals surface area contributed by atoms with Gasteiger partial charge in [0.25, 0.3) is 5.91 Å². The molecule has 1 atom stereocenters. The van der Waals surface area contributed by atoms with E-state index < -0.39 is 18.0 Å². The van der Waals surface area contributed by atoms with Gasteiger partial charge in [-0.15, -0.1) is 0 Å². The van der Waals surface area contributed by atoms with Crippen LogP contribution in [0.1, 0.15) is 6.92 Å². The standard InChI is InChI=1S/C17H18N2O3/c1-12(16(20)19-17(21)18-2)22-15-11-7-6-10-14(15)13-8-4-3-5-9-13/h3-12H,1-2H3,(H2,18,19,20,21)/t12-/m1/s1. The number of amides is 3. The van der Waals surface area contributed by atoms with Crippen LogP contribution in [0.5, 0.6) is 5.75 Å². The van der Waals surface area contributed by atoms with Crippen molar-refractivity contribution in [2.75, 3.05) is 7.05 Å². The summed E-state index contributed by atoms with van der Waals surface area (Å²) in [5.74, 6) is 0.0930. The average Bonchev–Trinajstić information content (AvgIpc) is 2.56. The summed E-state index contributed by atoms with van der Waals surface area (Å²) in [6, 6.07) is 16.7. The van der Waals surface area contributed by atoms with Crippen molar-refractivity contribution in [3.8, 4) is 16.9 Å². The van der Waals surface area contributed by atoms with Crippen molar-refractivity contribution in [2.24, 2.45) is 0 Å². The van der Waals surface area contributed by atoms with Crippen molar-refractivity contribution in [1.82, 2.24) is 10.6 Å². The topological polar surface area (TPSA) is 67.4 Å². The zero-order valence-electron chi connectivity index (χ0n) is 12.5. The first kappa shape index (κ1) is 15.6. The number of imide groups is 1. The molecule has 0 radical (unpaired) electrons. The Kier molecular flexibility index (Phi) is 5.14. The third kappa shape index (κ3) is 3.85. The van der Waals surface area contributed by atoms with Crippen molar-refractivity contribution in [2.45, 2.75) is 13.0 Å². The maximum atomic E-state index is 11.9. The van der Waals surface area contributed by atoms with Gasteiger partial charge in [-0.1, -0.05) is 48.5 Å². The number of para-hydroxylation sites is 1. The number of benzene rings is 2. The second-order valence-electron chi connectivity index (χ2n) is 4.69. The fraction of sp³-hybridized carbons (Fsp3) is 0.176. The third-order valence-corrected chi connectivity index (χ3v) is 3.11. The SMILES string of the molecule is CNC(=O)NC(=O)[C@@H](C)Oc1ccccc1-c1ccccc1. The fourth-order valence-corrected chi connectivity index (χ4v) is 1.95. The van der Waals surface area contributed by atoms with Gasteiger partial charge in [-0.05, 0) is 18.6 Å². The van der Waals surface area contributed by atoms with Gasteiger partial charge >= 0.3 is 6.03 Å². The molecule has 0 unspecified atom stereocenters. The van der Waals surface area contributed by atoms with Crippen LogP contribution in [-0.4, -0.2) is 25.1 Å². The molecule has 0 bridgehead atoms. The van der Waals surface area contributed by atoms with E-state index >= 15 is 0 Å². The Bertz CT molecular complexity index is 656. The van der Waals surface area contributed by atoms with E-state index in [9.17, 15) is 9.59 Å². The smallest absolute Gasteiger partial charge is 0.321 e. The Balaban J connectivity index is 2.17. The molecule has 2 aromatic rings. The van der Waals surface area contributed by atoms with Crippen LogP contribution in [0.3, 0.4) is 0 Å². The number of rotatable bonds is 4. The number of hydrogen-bond donors (Lipinski definition) is 2. The summed E-state index contributed by atoms with van der Waals surface area (Å²) in [6.07, 6.45) is -0.790. The lowest BCUT2D eigenvalue weighted by Crippen LogP contribution is -2.44. The second-order valence-corrected chi connectivity index (χ2v) is 4.69. The molecule has 2 rings (SSSR count). The average molecular weight is 298 g/mol. The van der Waals surface area contributed by atoms with Gasteiger partial charge in [-0.3, -0.25) is 10.1 Å². The summed E-state index contributed by atoms with van der Waals surface area (Å²) >= 11 is 0. The van der Waals surface area contributed by atoms with E-state index in [-0.39, 0.29) is 0 Å². The largest absolute Gasteiger partial charge is 0.480 e. The van der Waals surface area contributed by atoms with E-state index in [0.29, 0.717) is 5.75 Å². The molecule has 0 aliphatic rings. The molecule has 2 aromatic carbocycles. The van der Waals surface area contributed by atoms with Crippen molar-refractivity contribution >= 4 is 11.9 Å². The van der Waals surface area contributed by atoms with Gasteiger partial charge in [0.15, 0.2) is 6.10 Å². The summed E-state index contributed by atoms with van der Waals surface area (Å²) in [4.78, 5) is 23.0. The monoisotopic (exact) mass is 298 g/mol. The third-order valence-electron chi connectivity index (χ3n) is 3.11. The van der Waals surface area contributed by atoms with Crippen LogP contribution < -0.4 is 15.4 Å². The van der Waals surface area contributed by atoms with E-state index in [1.165, 1.54) is 7.05 Å². The zero-order valence-corrected chi connectivity index (χ0v) is 12.5. The number of nitrogens with one attached hydrogen (secondary N) is 2. The molecule has 114 valence electrons. The summed E-state index contributed by atoms with van der Waals surface area (Å²) in [6.45, 7) is 1.60. The highest BCUT2D eigenvalue weighted by molar-refractivity contribution is 5.96. The molecular weight excluding hydrogens is 280 g/mol. The first-order chi connectivity index (χ1) is 10.6. The Labute approximate surface area is 129 Å². The van der Waals surface area contributed by atoms with E-state index in [4.69, 9.17) is 4.74 Å². The molecule has 22 heavy (non-hydrogen) atoms. The van der Waals surface area contributed by atoms with Crippen LogP contribution in [0.15, 0.2) is 54.6 Å². The Morgan fingerprint density at radius 1 is 1.00 bits per heavy atom. The van der Waals surface area contributed by atoms with Crippen LogP contribution in [0, 0.1) is 0 Å². The van der Waals surface area contributed by atoms with E-state index in [1.807, 2.05) is 48.5 Å². The summed E-state index contributed by atoms with van der Waals surface area (Å²) in [7, 11) is 1.44. The van der Waals surface area contributed by atoms with Crippen LogP contribution in [0.25, 0.3) is 11.1 Å². The summed E-state index contributed by atoms with van der Waals surface area (Å²) in [5, 5.41) is 4.52. The zero-order chi connectivity index (χ0) is 15.9. The van der Waals surface area contributed by atoms with Crippen LogP contribution in [0.2, 0.25) is 0 Å². The van der Waals surface area contributed by atoms with Gasteiger partial charge < -0.3 is 10.1 Å². The molecule has 0 aliphatic carbocycles. The molecule has 0 saturated heterocycles. The number of carbonyl (C=O) groups is 2. The van der Waals surface area contributed by atoms with Gasteiger partial charge in [0.05, 0.1) is 0 Å². The van der Waals surface area contributed by atoms with Crippen LogP contribution in [0.4, 0.5) is 4.79 Å². The van der Waals surface area contributed by atoms with Crippen molar-refractivity contribution in [3.05, 3.63) is 54.6 Å². The van der Waals surface area contributed by atoms with Gasteiger partial charge in [0.1, 0.15) is 5.75 Å². The number of urea groups is 1. The number of ether oxygens (including phenoxy) is 1. The van der Waals surface area contributed by atoms with Gasteiger partial charge in [0, 0.05) is 12.6 Å². The van der Waals surface area contributed by atoms with Gasteiger partial charge in [-0.25, -0.2) is 4.79 Å². The lowest BCUT2D eigenvalue weighted by atomic mass is 10.0. The number of carbonyl (C=O) groups excluding carboxylic acids is 2. The molecule has 0 aromatic heterocycles. The molecule has 0 fully saturated rings. The van der Waals surface area contributed by atoms with Crippen LogP contribution in [-0.2, 0) is 4.79 Å². The maximum Gasteiger partial charge on any atom is 0.321 e. The van der Waals surface area contributed by atoms with Crippen LogP contribution >= 0.6 is 0 Å². The highest BCUT2D eigenvalue weighted by Gasteiger charge is 2.18. The Morgan fingerprint density at radius 2 is 1.64 bits per heavy atom. The van der Waals surface area contributed by atoms with E-state index in [0.717, 1.165) is 11.1 Å². The van der Waals surface area contributed by atoms with Crippen molar-refractivity contribution in [3.63, 3.8) is 0 Å². The fourth-order valence-electron chi connectivity index (χ4n) is 1.95. The summed E-state index contributed by atoms with van der Waals surface area (Å²) in [5.41, 5.74) is 1.89. The molecule has 0 heterocycles. The summed E-state index contributed by atoms with van der Waals surface area (Å²) < 4.78 is 5.72. The van der Waals surface area contributed by atoms with Crippen molar-refractivity contribution in [1.29, 1.82) is 0 Å². The minimum Gasteiger partial charge on any atom is -0.480 e. The molecule has 0 aliphatic heterocycles. The van der Waals surface area contributed by atoms with Gasteiger partial charge in [0.2, 0.25) is 0 Å². The Morgan fingerprint density at radius 3 is 2.32 bits per heavy atom. The maximum absolute atomic E-state index is 11.9. The first-order valence-corrected chi connectivity index (χ1v) is 6.95. The lowest BCUT2D eigenvalue weighted by molar-refractivity contribution is -0.126. The molecule has 5 heteroatoms. The number of hydrogen-bond acceptors (Lipinski definition) is 3. The van der Waals surface area contributed by atoms with E-state index in [1.54, 1.807) is 13.0 Å².